The van der Waals surface area contributed by atoms with E-state index < -0.39 is 5.97 Å². The molecule has 0 aromatic heterocycles. The maximum absolute atomic E-state index is 10.8. The summed E-state index contributed by atoms with van der Waals surface area (Å²) in [7, 11) is 1.49. The van der Waals surface area contributed by atoms with Crippen LogP contribution < -0.4 is 5.43 Å². The molecular weight excluding hydrogens is 210 g/mol. The summed E-state index contributed by atoms with van der Waals surface area (Å²) in [6.07, 6.45) is 1.64. The van der Waals surface area contributed by atoms with E-state index in [0.29, 0.717) is 0 Å². The van der Waals surface area contributed by atoms with Gasteiger partial charge in [0.25, 0.3) is 0 Å². The number of rotatable bonds is 3. The number of aromatic carboxylic acids is 1. The minimum absolute atomic E-state index is 0.167. The first kappa shape index (κ1) is 10.6. The minimum atomic E-state index is -0.944. The molecule has 0 fully saturated rings. The molecule has 0 bridgehead atoms. The number of carboxylic acid groups (broad SMARTS) is 1. The molecule has 0 spiro atoms. The molecule has 0 radical (unpaired) electrons. The first-order valence-corrected chi connectivity index (χ1v) is 4.68. The molecule has 1 aromatic carbocycles. The van der Waals surface area contributed by atoms with Gasteiger partial charge in [0, 0.05) is 0 Å². The highest BCUT2D eigenvalue weighted by molar-refractivity contribution is 5.88. The molecule has 0 saturated carbocycles. The molecule has 0 aliphatic carbocycles. The van der Waals surface area contributed by atoms with Crippen LogP contribution in [0.3, 0.4) is 0 Å². The number of hydrazone groups is 1. The molecule has 2 N–H and O–H groups in total. The lowest BCUT2D eigenvalue weighted by atomic mass is 10.1. The zero-order valence-electron chi connectivity index (χ0n) is 8.62. The van der Waals surface area contributed by atoms with Gasteiger partial charge in [0.05, 0.1) is 24.9 Å². The lowest BCUT2D eigenvalue weighted by Crippen LogP contribution is -2.30. The summed E-state index contributed by atoms with van der Waals surface area (Å²) in [5.74, 6) is -0.944. The van der Waals surface area contributed by atoms with Gasteiger partial charge in [-0.2, -0.15) is 5.43 Å². The van der Waals surface area contributed by atoms with Gasteiger partial charge in [0.2, 0.25) is 0 Å². The number of hydrogen-bond donors (Lipinski definition) is 2. The summed E-state index contributed by atoms with van der Waals surface area (Å²) < 4.78 is 0. The predicted octanol–water partition coefficient (Wildman–Crippen LogP) is 0.793. The van der Waals surface area contributed by atoms with E-state index in [1.54, 1.807) is 24.4 Å². The average molecular weight is 221 g/mol. The van der Waals surface area contributed by atoms with Gasteiger partial charge in [-0.05, 0) is 17.7 Å². The number of benzene rings is 1. The lowest BCUT2D eigenvalue weighted by molar-refractivity contribution is -0.165. The normalized spacial score (nSPS) is 19.1. The van der Waals surface area contributed by atoms with E-state index in [1.165, 1.54) is 12.4 Å². The zero-order chi connectivity index (χ0) is 11.5. The SMILES string of the molecule is CON1N=CC(c2cccc(C(=O)O)c2)N1. The van der Waals surface area contributed by atoms with Gasteiger partial charge >= 0.3 is 5.97 Å². The Hall–Kier alpha value is -1.92. The maximum atomic E-state index is 10.8. The minimum Gasteiger partial charge on any atom is -0.478 e. The van der Waals surface area contributed by atoms with Crippen LogP contribution in [-0.4, -0.2) is 29.7 Å². The second-order valence-corrected chi connectivity index (χ2v) is 3.26. The van der Waals surface area contributed by atoms with Crippen molar-refractivity contribution in [2.45, 2.75) is 6.04 Å². The standard InChI is InChI=1S/C10H11N3O3/c1-16-13-11-6-9(12-13)7-3-2-4-8(5-7)10(14)15/h2-6,9,12H,1H3,(H,14,15). The van der Waals surface area contributed by atoms with Crippen LogP contribution in [0, 0.1) is 0 Å². The molecule has 84 valence electrons. The van der Waals surface area contributed by atoms with Crippen molar-refractivity contribution in [2.24, 2.45) is 5.10 Å². The summed E-state index contributed by atoms with van der Waals surface area (Å²) in [6.45, 7) is 0. The molecule has 6 nitrogen and oxygen atoms in total. The smallest absolute Gasteiger partial charge is 0.335 e. The fraction of sp³-hybridized carbons (Fsp3) is 0.200. The third-order valence-electron chi connectivity index (χ3n) is 2.24. The maximum Gasteiger partial charge on any atom is 0.335 e. The highest BCUT2D eigenvalue weighted by atomic mass is 16.7. The van der Waals surface area contributed by atoms with Gasteiger partial charge < -0.3 is 5.11 Å². The summed E-state index contributed by atoms with van der Waals surface area (Å²) in [5, 5.41) is 14.0. The van der Waals surface area contributed by atoms with Crippen molar-refractivity contribution in [3.05, 3.63) is 35.4 Å². The van der Waals surface area contributed by atoms with Gasteiger partial charge in [-0.15, -0.1) is 5.10 Å². The van der Waals surface area contributed by atoms with E-state index in [4.69, 9.17) is 9.94 Å². The largest absolute Gasteiger partial charge is 0.478 e. The monoisotopic (exact) mass is 221 g/mol. The predicted molar refractivity (Wildman–Crippen MR) is 56.6 cm³/mol. The van der Waals surface area contributed by atoms with Gasteiger partial charge in [0.15, 0.2) is 0 Å². The molecule has 1 aliphatic rings. The van der Waals surface area contributed by atoms with Crippen molar-refractivity contribution in [1.29, 1.82) is 0 Å². The molecule has 1 heterocycles. The van der Waals surface area contributed by atoms with Crippen molar-refractivity contribution >= 4 is 12.2 Å². The molecular formula is C10H11N3O3. The molecule has 1 aliphatic heterocycles. The summed E-state index contributed by atoms with van der Waals surface area (Å²) >= 11 is 0. The third kappa shape index (κ3) is 2.02. The molecule has 1 unspecified atom stereocenters. The molecule has 0 amide bonds. The van der Waals surface area contributed by atoms with Crippen LogP contribution in [0.1, 0.15) is 22.0 Å². The zero-order valence-corrected chi connectivity index (χ0v) is 8.62. The summed E-state index contributed by atoms with van der Waals surface area (Å²) in [6, 6.07) is 6.51. The van der Waals surface area contributed by atoms with E-state index in [1.807, 2.05) is 6.07 Å². The number of nitrogens with one attached hydrogen (secondary N) is 1. The topological polar surface area (TPSA) is 74.2 Å². The third-order valence-corrected chi connectivity index (χ3v) is 2.24. The van der Waals surface area contributed by atoms with Crippen LogP contribution in [-0.2, 0) is 4.84 Å². The number of carbonyl (C=O) groups is 1. The first-order valence-electron chi connectivity index (χ1n) is 4.68. The fourth-order valence-corrected chi connectivity index (χ4v) is 1.44. The van der Waals surface area contributed by atoms with E-state index in [-0.39, 0.29) is 11.6 Å². The Kier molecular flexibility index (Phi) is 2.84. The Morgan fingerprint density at radius 3 is 3.06 bits per heavy atom. The van der Waals surface area contributed by atoms with Gasteiger partial charge in [-0.3, -0.25) is 0 Å². The number of nitrogens with zero attached hydrogens (tertiary/aromatic N) is 2. The van der Waals surface area contributed by atoms with Crippen molar-refractivity contribution in [1.82, 2.24) is 10.7 Å². The summed E-state index contributed by atoms with van der Waals surface area (Å²) in [4.78, 5) is 15.6. The highest BCUT2D eigenvalue weighted by Crippen LogP contribution is 2.17. The van der Waals surface area contributed by atoms with E-state index in [0.717, 1.165) is 5.56 Å². The van der Waals surface area contributed by atoms with Crippen LogP contribution in [0.4, 0.5) is 0 Å². The molecule has 1 atom stereocenters. The van der Waals surface area contributed by atoms with E-state index in [9.17, 15) is 4.79 Å². The number of carboxylic acids is 1. The van der Waals surface area contributed by atoms with Crippen LogP contribution in [0.25, 0.3) is 0 Å². The highest BCUT2D eigenvalue weighted by Gasteiger charge is 2.19. The van der Waals surface area contributed by atoms with E-state index in [2.05, 4.69) is 10.5 Å². The fourth-order valence-electron chi connectivity index (χ4n) is 1.44. The second-order valence-electron chi connectivity index (χ2n) is 3.26. The van der Waals surface area contributed by atoms with Crippen LogP contribution >= 0.6 is 0 Å². The molecule has 1 aromatic rings. The number of hydrazine groups is 1. The Labute approximate surface area is 92.1 Å². The van der Waals surface area contributed by atoms with Crippen LogP contribution in [0.15, 0.2) is 29.4 Å². The Balaban J connectivity index is 2.19. The average Bonchev–Trinajstić information content (AvgIpc) is 2.77. The van der Waals surface area contributed by atoms with Crippen LogP contribution in [0.5, 0.6) is 0 Å². The van der Waals surface area contributed by atoms with Gasteiger partial charge in [-0.1, -0.05) is 17.4 Å². The van der Waals surface area contributed by atoms with Crippen molar-refractivity contribution in [3.8, 4) is 0 Å². The first-order chi connectivity index (χ1) is 7.70. The molecule has 0 saturated heterocycles. The van der Waals surface area contributed by atoms with Crippen LogP contribution in [0.2, 0.25) is 0 Å². The van der Waals surface area contributed by atoms with Crippen molar-refractivity contribution in [2.75, 3.05) is 7.11 Å². The second kappa shape index (κ2) is 4.30. The lowest BCUT2D eigenvalue weighted by Gasteiger charge is -2.14. The number of hydrogen-bond acceptors (Lipinski definition) is 5. The summed E-state index contributed by atoms with van der Waals surface area (Å²) in [5.41, 5.74) is 3.99. The Bertz CT molecular complexity index is 433. The Morgan fingerprint density at radius 1 is 1.62 bits per heavy atom. The van der Waals surface area contributed by atoms with E-state index >= 15 is 0 Å². The van der Waals surface area contributed by atoms with Crippen molar-refractivity contribution < 1.29 is 14.7 Å². The molecule has 6 heteroatoms. The quantitative estimate of drug-likeness (QED) is 0.789. The van der Waals surface area contributed by atoms with Gasteiger partial charge in [-0.25, -0.2) is 9.63 Å². The molecule has 16 heavy (non-hydrogen) atoms. The Morgan fingerprint density at radius 2 is 2.44 bits per heavy atom. The molecule has 2 rings (SSSR count). The van der Waals surface area contributed by atoms with Crippen molar-refractivity contribution in [3.63, 3.8) is 0 Å². The van der Waals surface area contributed by atoms with Gasteiger partial charge in [0.1, 0.15) is 0 Å².